The van der Waals surface area contributed by atoms with Crippen LogP contribution in [0.25, 0.3) is 6.08 Å². The van der Waals surface area contributed by atoms with Crippen LogP contribution in [0.2, 0.25) is 5.02 Å². The number of hydrogen-bond donors (Lipinski definition) is 3. The first-order chi connectivity index (χ1) is 24.4. The monoisotopic (exact) mass is 730 g/mol. The molecule has 0 saturated carbocycles. The molecule has 5 rings (SSSR count). The first kappa shape index (κ1) is 36.4. The number of hydrogen-bond acceptors (Lipinski definition) is 6. The number of carbonyl (C=O) groups excluding carboxylic acids is 3. The smallest absolute Gasteiger partial charge is 0.324 e. The third-order valence-electron chi connectivity index (χ3n) is 7.21. The van der Waals surface area contributed by atoms with Crippen molar-refractivity contribution in [3.05, 3.63) is 170 Å². The Bertz CT molecular complexity index is 2100. The highest BCUT2D eigenvalue weighted by atomic mass is 35.5. The van der Waals surface area contributed by atoms with Crippen LogP contribution in [0.3, 0.4) is 0 Å². The Labute approximate surface area is 298 Å². The van der Waals surface area contributed by atoms with Gasteiger partial charge in [0.15, 0.2) is 0 Å². The molecule has 0 aliphatic carbocycles. The van der Waals surface area contributed by atoms with Gasteiger partial charge in [0.05, 0.1) is 21.7 Å². The summed E-state index contributed by atoms with van der Waals surface area (Å²) >= 11 is 6.87. The van der Waals surface area contributed by atoms with Gasteiger partial charge in [0.2, 0.25) is 5.91 Å². The average molecular weight is 731 g/mol. The minimum Gasteiger partial charge on any atom is -0.324 e. The topological polar surface area (TPSA) is 130 Å². The fourth-order valence-corrected chi connectivity index (χ4v) is 5.98. The fourth-order valence-electron chi connectivity index (χ4n) is 4.78. The molecule has 5 aromatic carbocycles. The second-order valence-corrected chi connectivity index (χ2v) is 12.4. The molecule has 0 aromatic heterocycles. The number of amides is 3. The Hall–Kier alpha value is -5.92. The van der Waals surface area contributed by atoms with Gasteiger partial charge < -0.3 is 16.0 Å². The van der Waals surface area contributed by atoms with Gasteiger partial charge in [0.25, 0.3) is 17.5 Å². The second kappa shape index (κ2) is 16.2. The van der Waals surface area contributed by atoms with Crippen LogP contribution in [-0.4, -0.2) is 22.6 Å². The molecule has 1 atom stereocenters. The van der Waals surface area contributed by atoms with Crippen molar-refractivity contribution in [2.45, 2.75) is 16.3 Å². The van der Waals surface area contributed by atoms with Crippen molar-refractivity contribution in [2.24, 2.45) is 0 Å². The fraction of sp³-hybridized carbons (Fsp3) is 0.0541. The molecule has 14 heteroatoms. The highest BCUT2D eigenvalue weighted by molar-refractivity contribution is 8.00. The predicted molar refractivity (Wildman–Crippen MR) is 190 cm³/mol. The lowest BCUT2D eigenvalue weighted by atomic mass is 10.1. The molecule has 0 heterocycles. The number of nitro benzene ring substituents is 1. The number of benzene rings is 5. The van der Waals surface area contributed by atoms with E-state index in [9.17, 15) is 37.7 Å². The maximum atomic E-state index is 13.7. The van der Waals surface area contributed by atoms with E-state index in [0.717, 1.165) is 23.9 Å². The number of nitrogens with one attached hydrogen (secondary N) is 3. The normalized spacial score (nSPS) is 12.0. The first-order valence-corrected chi connectivity index (χ1v) is 16.3. The lowest BCUT2D eigenvalue weighted by Gasteiger charge is -2.20. The highest BCUT2D eigenvalue weighted by Crippen LogP contribution is 2.40. The van der Waals surface area contributed by atoms with E-state index >= 15 is 0 Å². The van der Waals surface area contributed by atoms with Gasteiger partial charge in [-0.1, -0.05) is 72.3 Å². The van der Waals surface area contributed by atoms with E-state index < -0.39 is 45.3 Å². The molecule has 0 radical (unpaired) electrons. The maximum absolute atomic E-state index is 13.7. The lowest BCUT2D eigenvalue weighted by molar-refractivity contribution is -0.385. The minimum atomic E-state index is -4.77. The van der Waals surface area contributed by atoms with Crippen LogP contribution in [0.1, 0.15) is 32.3 Å². The van der Waals surface area contributed by atoms with Gasteiger partial charge in [-0.15, -0.1) is 11.8 Å². The van der Waals surface area contributed by atoms with Gasteiger partial charge in [-0.2, -0.15) is 13.2 Å². The summed E-state index contributed by atoms with van der Waals surface area (Å²) in [5.41, 5.74) is -0.932. The number of carbonyl (C=O) groups is 3. The summed E-state index contributed by atoms with van der Waals surface area (Å²) in [5, 5.41) is 18.1. The molecule has 51 heavy (non-hydrogen) atoms. The van der Waals surface area contributed by atoms with Crippen molar-refractivity contribution < 1.29 is 32.5 Å². The predicted octanol–water partition coefficient (Wildman–Crippen LogP) is 9.15. The van der Waals surface area contributed by atoms with E-state index in [0.29, 0.717) is 10.5 Å². The Kier molecular flexibility index (Phi) is 11.5. The molecule has 0 fully saturated rings. The molecule has 0 aliphatic heterocycles. The summed E-state index contributed by atoms with van der Waals surface area (Å²) in [6, 6.07) is 31.6. The van der Waals surface area contributed by atoms with Crippen molar-refractivity contribution in [1.29, 1.82) is 0 Å². The average Bonchev–Trinajstić information content (AvgIpc) is 3.12. The van der Waals surface area contributed by atoms with Gasteiger partial charge in [-0.25, -0.2) is 0 Å². The third kappa shape index (κ3) is 9.62. The zero-order valence-electron chi connectivity index (χ0n) is 26.2. The van der Waals surface area contributed by atoms with Crippen molar-refractivity contribution in [3.63, 3.8) is 0 Å². The molecule has 0 saturated heterocycles. The zero-order valence-corrected chi connectivity index (χ0v) is 27.8. The first-order valence-electron chi connectivity index (χ1n) is 15.0. The number of thioether (sulfide) groups is 1. The Morgan fingerprint density at radius 2 is 1.43 bits per heavy atom. The van der Waals surface area contributed by atoms with Crippen LogP contribution in [0.5, 0.6) is 0 Å². The lowest BCUT2D eigenvalue weighted by Crippen LogP contribution is -2.30. The summed E-state index contributed by atoms with van der Waals surface area (Å²) in [5.74, 6) is -2.10. The molecule has 3 amide bonds. The van der Waals surface area contributed by atoms with Gasteiger partial charge in [0, 0.05) is 27.2 Å². The van der Waals surface area contributed by atoms with Crippen molar-refractivity contribution in [1.82, 2.24) is 5.32 Å². The Morgan fingerprint density at radius 1 is 0.804 bits per heavy atom. The van der Waals surface area contributed by atoms with Crippen LogP contribution in [-0.2, 0) is 15.8 Å². The van der Waals surface area contributed by atoms with E-state index in [2.05, 4.69) is 16.0 Å². The van der Waals surface area contributed by atoms with Crippen LogP contribution < -0.4 is 16.0 Å². The van der Waals surface area contributed by atoms with Crippen LogP contribution >= 0.6 is 23.4 Å². The van der Waals surface area contributed by atoms with Crippen molar-refractivity contribution in [3.8, 4) is 0 Å². The number of anilines is 2. The van der Waals surface area contributed by atoms with Crippen molar-refractivity contribution >= 4 is 64.2 Å². The molecular formula is C37H26ClF3N4O5S. The van der Waals surface area contributed by atoms with Crippen molar-refractivity contribution in [2.75, 3.05) is 10.6 Å². The van der Waals surface area contributed by atoms with E-state index in [4.69, 9.17) is 11.6 Å². The molecule has 0 spiro atoms. The Balaban J connectivity index is 1.37. The summed E-state index contributed by atoms with van der Waals surface area (Å²) in [6.45, 7) is 0. The number of rotatable bonds is 11. The summed E-state index contributed by atoms with van der Waals surface area (Å²) in [7, 11) is 0. The largest absolute Gasteiger partial charge is 0.418 e. The number of halogens is 4. The van der Waals surface area contributed by atoms with Gasteiger partial charge in [0.1, 0.15) is 10.9 Å². The summed E-state index contributed by atoms with van der Waals surface area (Å²) < 4.78 is 41.2. The summed E-state index contributed by atoms with van der Waals surface area (Å²) in [4.78, 5) is 51.5. The second-order valence-electron chi connectivity index (χ2n) is 10.8. The maximum Gasteiger partial charge on any atom is 0.418 e. The highest BCUT2D eigenvalue weighted by Gasteiger charge is 2.35. The zero-order chi connectivity index (χ0) is 36.5. The van der Waals surface area contributed by atoms with E-state index in [-0.39, 0.29) is 33.2 Å². The molecule has 0 bridgehead atoms. The molecular weight excluding hydrogens is 705 g/mol. The minimum absolute atomic E-state index is 0.0824. The third-order valence-corrected chi connectivity index (χ3v) is 8.71. The van der Waals surface area contributed by atoms with Crippen LogP contribution in [0, 0.1) is 10.1 Å². The van der Waals surface area contributed by atoms with Gasteiger partial charge in [-0.3, -0.25) is 24.5 Å². The molecule has 5 aromatic rings. The van der Waals surface area contributed by atoms with E-state index in [1.807, 2.05) is 0 Å². The number of alkyl halides is 3. The molecule has 258 valence electrons. The molecule has 9 nitrogen and oxygen atoms in total. The molecule has 1 unspecified atom stereocenters. The standard InChI is InChI=1S/C37H26ClF3N4O5S/c38-26-15-20-30(29(22-26)37(39,40)41)43-36(48)33(23-9-3-1-4-10-23)51-28-18-16-27(17-19-28)42-35(47)31(44-34(46)24-11-5-2-6-12-24)21-25-13-7-8-14-32(25)45(49)50/h1-22,33H,(H,42,47)(H,43,48)(H,44,46)/b31-21-. The quantitative estimate of drug-likeness (QED) is 0.0538. The van der Waals surface area contributed by atoms with Crippen LogP contribution in [0.15, 0.2) is 138 Å². The number of nitrogens with zero attached hydrogens (tertiary/aromatic N) is 1. The molecule has 0 aliphatic rings. The number of para-hydroxylation sites is 1. The van der Waals surface area contributed by atoms with Gasteiger partial charge in [-0.05, 0) is 72.3 Å². The van der Waals surface area contributed by atoms with Gasteiger partial charge >= 0.3 is 6.18 Å². The van der Waals surface area contributed by atoms with E-state index in [1.165, 1.54) is 42.5 Å². The van der Waals surface area contributed by atoms with Crippen LogP contribution in [0.4, 0.5) is 30.2 Å². The molecule has 3 N–H and O–H groups in total. The van der Waals surface area contributed by atoms with E-state index in [1.54, 1.807) is 78.9 Å². The summed E-state index contributed by atoms with van der Waals surface area (Å²) in [6.07, 6.45) is -3.56. The Morgan fingerprint density at radius 3 is 2.08 bits per heavy atom. The number of nitro groups is 1. The SMILES string of the molecule is O=C(Nc1ccc(SC(C(=O)Nc2ccc(Cl)cc2C(F)(F)F)c2ccccc2)cc1)/C(=C/c1ccccc1[N+](=O)[O-])NC(=O)c1ccccc1.